The van der Waals surface area contributed by atoms with Crippen molar-refractivity contribution in [2.24, 2.45) is 5.92 Å². The average molecular weight is 211 g/mol. The number of hydrogen-bond donors (Lipinski definition) is 2. The lowest BCUT2D eigenvalue weighted by Gasteiger charge is -2.06. The van der Waals surface area contributed by atoms with Crippen LogP contribution in [0.15, 0.2) is 24.8 Å². The standard InChI is InChI=1S/C11H17NO3/c1-4-9(12)10(13)7-5-6-8(2)11(14)15-3/h4-5,7-8,10,12-13H,1,6H2,2-3H3/b7-5+,12-9?/t8-,10+/m1/s1. The number of carbonyl (C=O) groups excluding carboxylic acids is 1. The molecule has 0 heterocycles. The molecule has 0 amide bonds. The Labute approximate surface area is 89.8 Å². The molecule has 0 aliphatic carbocycles. The number of allylic oxidation sites excluding steroid dienone is 1. The van der Waals surface area contributed by atoms with E-state index < -0.39 is 6.10 Å². The largest absolute Gasteiger partial charge is 0.469 e. The highest BCUT2D eigenvalue weighted by Crippen LogP contribution is 2.05. The number of carbonyl (C=O) groups is 1. The molecule has 2 atom stereocenters. The second-order valence-corrected chi connectivity index (χ2v) is 3.19. The number of aliphatic hydroxyl groups is 1. The second-order valence-electron chi connectivity index (χ2n) is 3.19. The molecule has 0 aromatic rings. The SMILES string of the molecule is C=CC(=N)[C@@H](O)/C=C/C[C@@H](C)C(=O)OC. The summed E-state index contributed by atoms with van der Waals surface area (Å²) in [6, 6.07) is 0. The zero-order valence-electron chi connectivity index (χ0n) is 9.06. The van der Waals surface area contributed by atoms with Crippen LogP contribution in [0.1, 0.15) is 13.3 Å². The molecule has 2 N–H and O–H groups in total. The van der Waals surface area contributed by atoms with Crippen LogP contribution in [0.3, 0.4) is 0 Å². The highest BCUT2D eigenvalue weighted by molar-refractivity contribution is 5.96. The Balaban J connectivity index is 4.04. The second kappa shape index (κ2) is 6.95. The fourth-order valence-corrected chi connectivity index (χ4v) is 0.933. The van der Waals surface area contributed by atoms with Crippen molar-refractivity contribution in [2.45, 2.75) is 19.4 Å². The maximum absolute atomic E-state index is 11.0. The molecule has 0 radical (unpaired) electrons. The molecule has 4 nitrogen and oxygen atoms in total. The van der Waals surface area contributed by atoms with Crippen molar-refractivity contribution < 1.29 is 14.6 Å². The monoisotopic (exact) mass is 211 g/mol. The predicted octanol–water partition coefficient (Wildman–Crippen LogP) is 1.31. The van der Waals surface area contributed by atoms with Crippen molar-refractivity contribution in [2.75, 3.05) is 7.11 Å². The van der Waals surface area contributed by atoms with Crippen molar-refractivity contribution >= 4 is 11.7 Å². The van der Waals surface area contributed by atoms with E-state index in [-0.39, 0.29) is 17.6 Å². The molecule has 0 aromatic heterocycles. The molecule has 84 valence electrons. The topological polar surface area (TPSA) is 70.4 Å². The Bertz CT molecular complexity index is 271. The van der Waals surface area contributed by atoms with Crippen molar-refractivity contribution in [3.63, 3.8) is 0 Å². The summed E-state index contributed by atoms with van der Waals surface area (Å²) in [7, 11) is 1.34. The van der Waals surface area contributed by atoms with Gasteiger partial charge in [0.05, 0.1) is 18.7 Å². The van der Waals surface area contributed by atoms with E-state index in [0.717, 1.165) is 0 Å². The number of esters is 1. The zero-order valence-corrected chi connectivity index (χ0v) is 9.06. The smallest absolute Gasteiger partial charge is 0.308 e. The lowest BCUT2D eigenvalue weighted by atomic mass is 10.1. The fraction of sp³-hybridized carbons (Fsp3) is 0.455. The number of ether oxygens (including phenoxy) is 1. The van der Waals surface area contributed by atoms with Crippen LogP contribution in [0.25, 0.3) is 0 Å². The molecule has 0 saturated heterocycles. The van der Waals surface area contributed by atoms with Crippen LogP contribution in [-0.2, 0) is 9.53 Å². The highest BCUT2D eigenvalue weighted by Gasteiger charge is 2.11. The summed E-state index contributed by atoms with van der Waals surface area (Å²) in [5, 5.41) is 16.6. The fourth-order valence-electron chi connectivity index (χ4n) is 0.933. The minimum atomic E-state index is -0.952. The van der Waals surface area contributed by atoms with Gasteiger partial charge in [-0.05, 0) is 12.5 Å². The molecule has 0 unspecified atom stereocenters. The lowest BCUT2D eigenvalue weighted by Crippen LogP contribution is -2.14. The average Bonchev–Trinajstić information content (AvgIpc) is 2.26. The third kappa shape index (κ3) is 5.12. The van der Waals surface area contributed by atoms with Crippen LogP contribution < -0.4 is 0 Å². The molecule has 0 saturated carbocycles. The third-order valence-electron chi connectivity index (χ3n) is 1.95. The summed E-state index contributed by atoms with van der Waals surface area (Å²) in [4.78, 5) is 11.0. The van der Waals surface area contributed by atoms with Gasteiger partial charge in [-0.15, -0.1) is 0 Å². The van der Waals surface area contributed by atoms with Crippen LogP contribution >= 0.6 is 0 Å². The van der Waals surface area contributed by atoms with Gasteiger partial charge < -0.3 is 15.3 Å². The van der Waals surface area contributed by atoms with Gasteiger partial charge in [-0.1, -0.05) is 25.7 Å². The zero-order chi connectivity index (χ0) is 11.8. The first-order valence-corrected chi connectivity index (χ1v) is 4.66. The Morgan fingerprint density at radius 2 is 2.27 bits per heavy atom. The van der Waals surface area contributed by atoms with E-state index in [1.807, 2.05) is 0 Å². The van der Waals surface area contributed by atoms with Crippen LogP contribution in [0.4, 0.5) is 0 Å². The van der Waals surface area contributed by atoms with Gasteiger partial charge in [-0.25, -0.2) is 0 Å². The maximum atomic E-state index is 11.0. The summed E-state index contributed by atoms with van der Waals surface area (Å²) in [5.41, 5.74) is 0.0389. The third-order valence-corrected chi connectivity index (χ3v) is 1.95. The van der Waals surface area contributed by atoms with Crippen LogP contribution in [0.2, 0.25) is 0 Å². The van der Waals surface area contributed by atoms with Gasteiger partial charge in [0.1, 0.15) is 6.10 Å². The molecule has 0 rings (SSSR count). The first-order chi connectivity index (χ1) is 7.02. The number of aliphatic hydroxyl groups excluding tert-OH is 1. The van der Waals surface area contributed by atoms with E-state index in [9.17, 15) is 9.90 Å². The predicted molar refractivity (Wildman–Crippen MR) is 58.9 cm³/mol. The van der Waals surface area contributed by atoms with Crippen molar-refractivity contribution in [3.05, 3.63) is 24.8 Å². The first kappa shape index (κ1) is 13.6. The van der Waals surface area contributed by atoms with E-state index in [2.05, 4.69) is 11.3 Å². The Kier molecular flexibility index (Phi) is 6.29. The van der Waals surface area contributed by atoms with Gasteiger partial charge in [0.25, 0.3) is 0 Å². The number of nitrogens with one attached hydrogen (secondary N) is 1. The van der Waals surface area contributed by atoms with Gasteiger partial charge >= 0.3 is 5.97 Å². The minimum absolute atomic E-state index is 0.0389. The molecule has 0 aromatic carbocycles. The van der Waals surface area contributed by atoms with E-state index in [0.29, 0.717) is 6.42 Å². The molecule has 0 aliphatic rings. The van der Waals surface area contributed by atoms with E-state index >= 15 is 0 Å². The molecule has 0 spiro atoms. The van der Waals surface area contributed by atoms with E-state index in [4.69, 9.17) is 5.41 Å². The van der Waals surface area contributed by atoms with Crippen LogP contribution in [-0.4, -0.2) is 30.0 Å². The Hall–Kier alpha value is -1.42. The maximum Gasteiger partial charge on any atom is 0.308 e. The van der Waals surface area contributed by atoms with Crippen molar-refractivity contribution in [3.8, 4) is 0 Å². The number of methoxy groups -OCH3 is 1. The van der Waals surface area contributed by atoms with Crippen LogP contribution in [0, 0.1) is 11.3 Å². The number of hydrogen-bond acceptors (Lipinski definition) is 4. The van der Waals surface area contributed by atoms with E-state index in [1.165, 1.54) is 19.3 Å². The molecule has 15 heavy (non-hydrogen) atoms. The van der Waals surface area contributed by atoms with Crippen molar-refractivity contribution in [1.29, 1.82) is 5.41 Å². The Morgan fingerprint density at radius 1 is 1.67 bits per heavy atom. The molecule has 0 fully saturated rings. The lowest BCUT2D eigenvalue weighted by molar-refractivity contribution is -0.144. The highest BCUT2D eigenvalue weighted by atomic mass is 16.5. The molecule has 4 heteroatoms. The minimum Gasteiger partial charge on any atom is -0.469 e. The molecule has 0 bridgehead atoms. The summed E-state index contributed by atoms with van der Waals surface area (Å²) in [6.45, 7) is 5.11. The normalized spacial score (nSPS) is 14.6. The van der Waals surface area contributed by atoms with Gasteiger partial charge in [0.15, 0.2) is 0 Å². The van der Waals surface area contributed by atoms with Crippen molar-refractivity contribution in [1.82, 2.24) is 0 Å². The van der Waals surface area contributed by atoms with Gasteiger partial charge in [0, 0.05) is 0 Å². The quantitative estimate of drug-likeness (QED) is 0.395. The Morgan fingerprint density at radius 3 is 2.73 bits per heavy atom. The summed E-state index contributed by atoms with van der Waals surface area (Å²) >= 11 is 0. The van der Waals surface area contributed by atoms with Gasteiger partial charge in [0.2, 0.25) is 0 Å². The molecular formula is C11H17NO3. The summed E-state index contributed by atoms with van der Waals surface area (Å²) in [6.07, 6.45) is 3.92. The van der Waals surface area contributed by atoms with Gasteiger partial charge in [-0.2, -0.15) is 0 Å². The molecule has 0 aliphatic heterocycles. The number of rotatable bonds is 6. The van der Waals surface area contributed by atoms with E-state index in [1.54, 1.807) is 13.0 Å². The first-order valence-electron chi connectivity index (χ1n) is 4.66. The molecular weight excluding hydrogens is 194 g/mol. The summed E-state index contributed by atoms with van der Waals surface area (Å²) < 4.78 is 4.54. The summed E-state index contributed by atoms with van der Waals surface area (Å²) in [5.74, 6) is -0.524. The van der Waals surface area contributed by atoms with Crippen LogP contribution in [0.5, 0.6) is 0 Å². The van der Waals surface area contributed by atoms with Gasteiger partial charge in [-0.3, -0.25) is 4.79 Å².